The van der Waals surface area contributed by atoms with E-state index in [-0.39, 0.29) is 11.9 Å². The van der Waals surface area contributed by atoms with E-state index in [1.165, 1.54) is 26.4 Å². The van der Waals surface area contributed by atoms with Gasteiger partial charge in [0.1, 0.15) is 0 Å². The fraction of sp³-hybridized carbons (Fsp3) is 0.800. The van der Waals surface area contributed by atoms with Crippen LogP contribution in [0.2, 0.25) is 0 Å². The molecule has 0 heterocycles. The molecule has 2 heteroatoms. The van der Waals surface area contributed by atoms with Gasteiger partial charge in [0.25, 0.3) is 0 Å². The first-order valence-corrected chi connectivity index (χ1v) is 6.86. The van der Waals surface area contributed by atoms with Crippen molar-refractivity contribution in [2.24, 2.45) is 11.8 Å². The smallest absolute Gasteiger partial charge is 0.308 e. The SMILES string of the molecule is CC=CCCC(C(=O)OC)C(C)CCCCC. The minimum Gasteiger partial charge on any atom is -0.469 e. The average Bonchev–Trinajstić information content (AvgIpc) is 2.34. The number of ether oxygens (including phenoxy) is 1. The van der Waals surface area contributed by atoms with E-state index in [1.54, 1.807) is 0 Å². The van der Waals surface area contributed by atoms with E-state index in [2.05, 4.69) is 19.9 Å². The van der Waals surface area contributed by atoms with Gasteiger partial charge in [-0.1, -0.05) is 45.3 Å². The van der Waals surface area contributed by atoms with Gasteiger partial charge in [0.2, 0.25) is 0 Å². The summed E-state index contributed by atoms with van der Waals surface area (Å²) in [6.07, 6.45) is 10.9. The minimum atomic E-state index is -0.0431. The van der Waals surface area contributed by atoms with Crippen LogP contribution in [0.25, 0.3) is 0 Å². The lowest BCUT2D eigenvalue weighted by Gasteiger charge is -2.21. The zero-order valence-electron chi connectivity index (χ0n) is 11.9. The van der Waals surface area contributed by atoms with Crippen LogP contribution in [0.1, 0.15) is 59.3 Å². The summed E-state index contributed by atoms with van der Waals surface area (Å²) in [4.78, 5) is 11.7. The van der Waals surface area contributed by atoms with Gasteiger partial charge in [0, 0.05) is 0 Å². The normalized spacial score (nSPS) is 14.8. The summed E-state index contributed by atoms with van der Waals surface area (Å²) in [5.74, 6) is 0.450. The number of allylic oxidation sites excluding steroid dienone is 2. The average molecular weight is 240 g/mol. The number of methoxy groups -OCH3 is 1. The van der Waals surface area contributed by atoms with Crippen LogP contribution in [-0.2, 0) is 9.53 Å². The van der Waals surface area contributed by atoms with E-state index in [0.29, 0.717) is 5.92 Å². The largest absolute Gasteiger partial charge is 0.469 e. The summed E-state index contributed by atoms with van der Waals surface area (Å²) >= 11 is 0. The zero-order chi connectivity index (χ0) is 13.1. The van der Waals surface area contributed by atoms with E-state index >= 15 is 0 Å². The number of carbonyl (C=O) groups excluding carboxylic acids is 1. The molecule has 0 amide bonds. The monoisotopic (exact) mass is 240 g/mol. The lowest BCUT2D eigenvalue weighted by molar-refractivity contribution is -0.147. The Kier molecular flexibility index (Phi) is 9.89. The molecular formula is C15H28O2. The molecule has 0 aliphatic rings. The highest BCUT2D eigenvalue weighted by molar-refractivity contribution is 5.72. The fourth-order valence-electron chi connectivity index (χ4n) is 2.15. The maximum atomic E-state index is 11.7. The maximum absolute atomic E-state index is 11.7. The molecule has 2 nitrogen and oxygen atoms in total. The Morgan fingerprint density at radius 2 is 2.00 bits per heavy atom. The second kappa shape index (κ2) is 10.4. The molecule has 0 saturated carbocycles. The molecule has 0 N–H and O–H groups in total. The molecule has 0 aliphatic carbocycles. The first-order valence-electron chi connectivity index (χ1n) is 6.86. The molecule has 0 aliphatic heterocycles. The predicted octanol–water partition coefficient (Wildman–Crippen LogP) is 4.35. The van der Waals surface area contributed by atoms with Crippen molar-refractivity contribution in [2.45, 2.75) is 59.3 Å². The quantitative estimate of drug-likeness (QED) is 0.340. The predicted molar refractivity (Wildman–Crippen MR) is 72.9 cm³/mol. The van der Waals surface area contributed by atoms with Gasteiger partial charge in [0.15, 0.2) is 0 Å². The summed E-state index contributed by atoms with van der Waals surface area (Å²) in [7, 11) is 1.49. The van der Waals surface area contributed by atoms with Crippen LogP contribution in [0.5, 0.6) is 0 Å². The van der Waals surface area contributed by atoms with Gasteiger partial charge >= 0.3 is 5.97 Å². The van der Waals surface area contributed by atoms with E-state index in [9.17, 15) is 4.79 Å². The zero-order valence-corrected chi connectivity index (χ0v) is 11.9. The summed E-state index contributed by atoms with van der Waals surface area (Å²) in [6, 6.07) is 0. The van der Waals surface area contributed by atoms with Crippen molar-refractivity contribution in [1.29, 1.82) is 0 Å². The van der Waals surface area contributed by atoms with Gasteiger partial charge in [0.05, 0.1) is 13.0 Å². The third kappa shape index (κ3) is 7.19. The molecule has 0 spiro atoms. The minimum absolute atomic E-state index is 0.0431. The molecule has 0 radical (unpaired) electrons. The number of hydrogen-bond donors (Lipinski definition) is 0. The van der Waals surface area contributed by atoms with Gasteiger partial charge in [-0.05, 0) is 32.1 Å². The Hall–Kier alpha value is -0.790. The third-order valence-corrected chi connectivity index (χ3v) is 3.33. The fourth-order valence-corrected chi connectivity index (χ4v) is 2.15. The second-order valence-corrected chi connectivity index (χ2v) is 4.75. The van der Waals surface area contributed by atoms with Gasteiger partial charge in [-0.25, -0.2) is 0 Å². The van der Waals surface area contributed by atoms with E-state index in [1.807, 2.05) is 13.0 Å². The summed E-state index contributed by atoms with van der Waals surface area (Å²) in [5, 5.41) is 0. The van der Waals surface area contributed by atoms with Crippen LogP contribution in [-0.4, -0.2) is 13.1 Å². The highest BCUT2D eigenvalue weighted by Crippen LogP contribution is 2.24. The maximum Gasteiger partial charge on any atom is 0.308 e. The van der Waals surface area contributed by atoms with E-state index in [4.69, 9.17) is 4.74 Å². The first-order chi connectivity index (χ1) is 8.17. The highest BCUT2D eigenvalue weighted by atomic mass is 16.5. The van der Waals surface area contributed by atoms with Crippen LogP contribution in [0.15, 0.2) is 12.2 Å². The van der Waals surface area contributed by atoms with Crippen molar-refractivity contribution in [2.75, 3.05) is 7.11 Å². The Bertz CT molecular complexity index is 221. The Balaban J connectivity index is 4.19. The molecule has 0 fully saturated rings. The second-order valence-electron chi connectivity index (χ2n) is 4.75. The van der Waals surface area contributed by atoms with Crippen LogP contribution in [0, 0.1) is 11.8 Å². The molecule has 2 atom stereocenters. The third-order valence-electron chi connectivity index (χ3n) is 3.33. The lowest BCUT2D eigenvalue weighted by atomic mass is 9.86. The molecule has 0 saturated heterocycles. The number of carbonyl (C=O) groups is 1. The Morgan fingerprint density at radius 3 is 2.53 bits per heavy atom. The summed E-state index contributed by atoms with van der Waals surface area (Å²) in [6.45, 7) is 6.39. The van der Waals surface area contributed by atoms with E-state index in [0.717, 1.165) is 19.3 Å². The van der Waals surface area contributed by atoms with Crippen LogP contribution < -0.4 is 0 Å². The van der Waals surface area contributed by atoms with Gasteiger partial charge in [-0.15, -0.1) is 0 Å². The van der Waals surface area contributed by atoms with Gasteiger partial charge in [-0.3, -0.25) is 4.79 Å². The Morgan fingerprint density at radius 1 is 1.29 bits per heavy atom. The molecule has 0 bridgehead atoms. The molecular weight excluding hydrogens is 212 g/mol. The van der Waals surface area contributed by atoms with Gasteiger partial charge < -0.3 is 4.74 Å². The molecule has 0 aromatic rings. The molecule has 17 heavy (non-hydrogen) atoms. The van der Waals surface area contributed by atoms with Crippen molar-refractivity contribution in [3.8, 4) is 0 Å². The number of rotatable bonds is 9. The summed E-state index contributed by atoms with van der Waals surface area (Å²) in [5.41, 5.74) is 0. The van der Waals surface area contributed by atoms with Crippen molar-refractivity contribution in [3.05, 3.63) is 12.2 Å². The van der Waals surface area contributed by atoms with Crippen LogP contribution in [0.3, 0.4) is 0 Å². The standard InChI is InChI=1S/C15H28O2/c1-5-7-9-11-13(3)14(15(16)17-4)12-10-8-6-2/h6,8,13-14H,5,7,9-12H2,1-4H3. The molecule has 0 aromatic carbocycles. The first kappa shape index (κ1) is 16.2. The van der Waals surface area contributed by atoms with Crippen LogP contribution in [0.4, 0.5) is 0 Å². The van der Waals surface area contributed by atoms with Gasteiger partial charge in [-0.2, -0.15) is 0 Å². The van der Waals surface area contributed by atoms with Crippen molar-refractivity contribution >= 4 is 5.97 Å². The van der Waals surface area contributed by atoms with Crippen molar-refractivity contribution in [3.63, 3.8) is 0 Å². The Labute approximate surface area is 106 Å². The number of esters is 1. The van der Waals surface area contributed by atoms with Crippen molar-refractivity contribution in [1.82, 2.24) is 0 Å². The van der Waals surface area contributed by atoms with E-state index < -0.39 is 0 Å². The highest BCUT2D eigenvalue weighted by Gasteiger charge is 2.24. The molecule has 0 aromatic heterocycles. The molecule has 2 unspecified atom stereocenters. The summed E-state index contributed by atoms with van der Waals surface area (Å²) < 4.78 is 4.91. The topological polar surface area (TPSA) is 26.3 Å². The number of hydrogen-bond acceptors (Lipinski definition) is 2. The molecule has 0 rings (SSSR count). The number of unbranched alkanes of at least 4 members (excludes halogenated alkanes) is 2. The van der Waals surface area contributed by atoms with Crippen LogP contribution >= 0.6 is 0 Å². The lowest BCUT2D eigenvalue weighted by Crippen LogP contribution is -2.23. The van der Waals surface area contributed by atoms with Crippen molar-refractivity contribution < 1.29 is 9.53 Å². The molecule has 100 valence electrons.